The lowest BCUT2D eigenvalue weighted by Gasteiger charge is -2.02. The van der Waals surface area contributed by atoms with E-state index in [9.17, 15) is 0 Å². The van der Waals surface area contributed by atoms with Crippen LogP contribution in [0.1, 0.15) is 25.5 Å². The lowest BCUT2D eigenvalue weighted by atomic mass is 10.2. The number of hydrogen-bond donors (Lipinski definition) is 0. The number of rotatable bonds is 1. The molecule has 0 spiro atoms. The third kappa shape index (κ3) is 1.07. The molecular weight excluding hydrogens is 150 g/mol. The smallest absolute Gasteiger partial charge is 0.153 e. The second kappa shape index (κ2) is 2.59. The topological polar surface area (TPSA) is 30.2 Å². The Kier molecular flexibility index (Phi) is 1.57. The van der Waals surface area contributed by atoms with E-state index < -0.39 is 0 Å². The van der Waals surface area contributed by atoms with Crippen molar-refractivity contribution in [1.82, 2.24) is 14.6 Å². The SMILES string of the molecule is CC(C)c1cnc2cccn2n1. The average molecular weight is 161 g/mol. The van der Waals surface area contributed by atoms with Gasteiger partial charge in [0, 0.05) is 6.20 Å². The van der Waals surface area contributed by atoms with Crippen LogP contribution in [0, 0.1) is 0 Å². The molecule has 0 fully saturated rings. The van der Waals surface area contributed by atoms with Crippen LogP contribution in [0.4, 0.5) is 0 Å². The standard InChI is InChI=1S/C9H11N3/c1-7(2)8-6-10-9-4-3-5-12(9)11-8/h3-7H,1-2H3. The van der Waals surface area contributed by atoms with Crippen LogP contribution in [0.2, 0.25) is 0 Å². The highest BCUT2D eigenvalue weighted by molar-refractivity contribution is 5.36. The van der Waals surface area contributed by atoms with Crippen molar-refractivity contribution in [2.45, 2.75) is 19.8 Å². The predicted octanol–water partition coefficient (Wildman–Crippen LogP) is 1.85. The van der Waals surface area contributed by atoms with Gasteiger partial charge in [0.05, 0.1) is 11.9 Å². The van der Waals surface area contributed by atoms with E-state index in [0.717, 1.165) is 11.3 Å². The van der Waals surface area contributed by atoms with Crippen molar-refractivity contribution >= 4 is 5.65 Å². The maximum Gasteiger partial charge on any atom is 0.153 e. The molecular formula is C9H11N3. The number of nitrogens with zero attached hydrogens (tertiary/aromatic N) is 3. The second-order valence-corrected chi connectivity index (χ2v) is 3.15. The Morgan fingerprint density at radius 2 is 2.25 bits per heavy atom. The normalized spacial score (nSPS) is 11.2. The quantitative estimate of drug-likeness (QED) is 0.639. The first-order valence-electron chi connectivity index (χ1n) is 4.07. The van der Waals surface area contributed by atoms with E-state index in [4.69, 9.17) is 0 Å². The maximum absolute atomic E-state index is 4.39. The summed E-state index contributed by atoms with van der Waals surface area (Å²) in [6, 6.07) is 3.89. The van der Waals surface area contributed by atoms with Gasteiger partial charge in [0.1, 0.15) is 0 Å². The molecule has 2 aromatic rings. The molecule has 0 unspecified atom stereocenters. The molecule has 2 rings (SSSR count). The van der Waals surface area contributed by atoms with Gasteiger partial charge in [-0.15, -0.1) is 0 Å². The van der Waals surface area contributed by atoms with Gasteiger partial charge in [-0.25, -0.2) is 9.50 Å². The van der Waals surface area contributed by atoms with Crippen molar-refractivity contribution in [3.05, 3.63) is 30.2 Å². The molecule has 2 heterocycles. The zero-order valence-electron chi connectivity index (χ0n) is 7.23. The summed E-state index contributed by atoms with van der Waals surface area (Å²) in [4.78, 5) is 4.26. The molecule has 0 aliphatic heterocycles. The molecule has 0 saturated heterocycles. The first kappa shape index (κ1) is 7.28. The largest absolute Gasteiger partial charge is 0.235 e. The summed E-state index contributed by atoms with van der Waals surface area (Å²) >= 11 is 0. The molecule has 0 N–H and O–H groups in total. The predicted molar refractivity (Wildman–Crippen MR) is 47.1 cm³/mol. The highest BCUT2D eigenvalue weighted by atomic mass is 15.2. The Morgan fingerprint density at radius 1 is 1.42 bits per heavy atom. The van der Waals surface area contributed by atoms with Gasteiger partial charge >= 0.3 is 0 Å². The molecule has 0 aliphatic rings. The van der Waals surface area contributed by atoms with E-state index in [-0.39, 0.29) is 0 Å². The van der Waals surface area contributed by atoms with Crippen LogP contribution in [0.3, 0.4) is 0 Å². The van der Waals surface area contributed by atoms with Crippen LogP contribution in [0.5, 0.6) is 0 Å². The van der Waals surface area contributed by atoms with Crippen molar-refractivity contribution < 1.29 is 0 Å². The van der Waals surface area contributed by atoms with Gasteiger partial charge in [-0.05, 0) is 18.1 Å². The summed E-state index contributed by atoms with van der Waals surface area (Å²) in [7, 11) is 0. The monoisotopic (exact) mass is 161 g/mol. The molecule has 12 heavy (non-hydrogen) atoms. The zero-order valence-corrected chi connectivity index (χ0v) is 7.23. The first-order valence-corrected chi connectivity index (χ1v) is 4.07. The molecule has 0 saturated carbocycles. The van der Waals surface area contributed by atoms with E-state index >= 15 is 0 Å². The van der Waals surface area contributed by atoms with E-state index in [1.165, 1.54) is 0 Å². The Bertz CT molecular complexity index is 389. The summed E-state index contributed by atoms with van der Waals surface area (Å²) in [6.45, 7) is 4.22. The second-order valence-electron chi connectivity index (χ2n) is 3.15. The molecule has 3 nitrogen and oxygen atoms in total. The third-order valence-corrected chi connectivity index (χ3v) is 1.85. The molecule has 3 heteroatoms. The first-order chi connectivity index (χ1) is 5.77. The fourth-order valence-electron chi connectivity index (χ4n) is 1.10. The van der Waals surface area contributed by atoms with Gasteiger partial charge in [-0.1, -0.05) is 13.8 Å². The van der Waals surface area contributed by atoms with E-state index in [1.807, 2.05) is 24.5 Å². The number of fused-ring (bicyclic) bond motifs is 1. The summed E-state index contributed by atoms with van der Waals surface area (Å²) in [5.74, 6) is 0.435. The summed E-state index contributed by atoms with van der Waals surface area (Å²) in [5, 5.41) is 4.39. The minimum Gasteiger partial charge on any atom is -0.235 e. The van der Waals surface area contributed by atoms with Crippen LogP contribution in [0.25, 0.3) is 5.65 Å². The highest BCUT2D eigenvalue weighted by Crippen LogP contribution is 2.09. The Morgan fingerprint density at radius 3 is 3.00 bits per heavy atom. The molecule has 0 radical (unpaired) electrons. The van der Waals surface area contributed by atoms with Gasteiger partial charge in [0.2, 0.25) is 0 Å². The average Bonchev–Trinajstić information content (AvgIpc) is 2.49. The molecule has 0 amide bonds. The lowest BCUT2D eigenvalue weighted by molar-refractivity contribution is 0.750. The fraction of sp³-hybridized carbons (Fsp3) is 0.333. The van der Waals surface area contributed by atoms with Crippen molar-refractivity contribution in [1.29, 1.82) is 0 Å². The third-order valence-electron chi connectivity index (χ3n) is 1.85. The lowest BCUT2D eigenvalue weighted by Crippen LogP contribution is -2.00. The van der Waals surface area contributed by atoms with Crippen molar-refractivity contribution in [3.8, 4) is 0 Å². The molecule has 62 valence electrons. The Labute approximate surface area is 71.1 Å². The molecule has 2 aromatic heterocycles. The van der Waals surface area contributed by atoms with Crippen molar-refractivity contribution in [3.63, 3.8) is 0 Å². The summed E-state index contributed by atoms with van der Waals surface area (Å²) in [6.07, 6.45) is 3.74. The van der Waals surface area contributed by atoms with E-state index in [1.54, 1.807) is 4.52 Å². The van der Waals surface area contributed by atoms with Gasteiger partial charge < -0.3 is 0 Å². The molecule has 0 bridgehead atoms. The van der Waals surface area contributed by atoms with E-state index in [2.05, 4.69) is 23.9 Å². The zero-order chi connectivity index (χ0) is 8.55. The number of hydrogen-bond acceptors (Lipinski definition) is 2. The summed E-state index contributed by atoms with van der Waals surface area (Å²) in [5.41, 5.74) is 1.93. The molecule has 0 atom stereocenters. The number of aromatic nitrogens is 3. The highest BCUT2D eigenvalue weighted by Gasteiger charge is 2.01. The van der Waals surface area contributed by atoms with Crippen LogP contribution in [-0.2, 0) is 0 Å². The van der Waals surface area contributed by atoms with Gasteiger partial charge in [-0.3, -0.25) is 0 Å². The summed E-state index contributed by atoms with van der Waals surface area (Å²) < 4.78 is 1.80. The maximum atomic E-state index is 4.39. The fourth-order valence-corrected chi connectivity index (χ4v) is 1.10. The molecule has 0 aliphatic carbocycles. The van der Waals surface area contributed by atoms with Gasteiger partial charge in [-0.2, -0.15) is 5.10 Å². The minimum atomic E-state index is 0.435. The van der Waals surface area contributed by atoms with Crippen LogP contribution < -0.4 is 0 Å². The van der Waals surface area contributed by atoms with E-state index in [0.29, 0.717) is 5.92 Å². The van der Waals surface area contributed by atoms with Crippen molar-refractivity contribution in [2.24, 2.45) is 0 Å². The molecule has 0 aromatic carbocycles. The van der Waals surface area contributed by atoms with Crippen LogP contribution in [-0.4, -0.2) is 14.6 Å². The Balaban J connectivity index is 2.60. The van der Waals surface area contributed by atoms with Crippen LogP contribution in [0.15, 0.2) is 24.5 Å². The van der Waals surface area contributed by atoms with Gasteiger partial charge in [0.25, 0.3) is 0 Å². The van der Waals surface area contributed by atoms with Gasteiger partial charge in [0.15, 0.2) is 5.65 Å². The Hall–Kier alpha value is -1.38. The van der Waals surface area contributed by atoms with Crippen molar-refractivity contribution in [2.75, 3.05) is 0 Å². The minimum absolute atomic E-state index is 0.435. The van der Waals surface area contributed by atoms with Crippen LogP contribution >= 0.6 is 0 Å².